The maximum absolute atomic E-state index is 9.49. The van der Waals surface area contributed by atoms with Crippen LogP contribution in [0.5, 0.6) is 0 Å². The number of hydrogen-bond donors (Lipinski definition) is 1. The first-order valence-electron chi connectivity index (χ1n) is 3.46. The van der Waals surface area contributed by atoms with E-state index in [0.717, 1.165) is 5.57 Å². The second-order valence-electron chi connectivity index (χ2n) is 3.07. The molecule has 1 radical (unpaired) electrons. The monoisotopic (exact) mass is 137 g/mol. The Labute approximate surface area is 62.1 Å². The summed E-state index contributed by atoms with van der Waals surface area (Å²) in [6.45, 7) is 5.82. The van der Waals surface area contributed by atoms with Gasteiger partial charge in [-0.1, -0.05) is 24.6 Å². The van der Waals surface area contributed by atoms with E-state index in [4.69, 9.17) is 0 Å². The van der Waals surface area contributed by atoms with E-state index < -0.39 is 5.60 Å². The predicted molar refractivity (Wildman–Crippen MR) is 42.4 cm³/mol. The highest BCUT2D eigenvalue weighted by Gasteiger charge is 2.18. The Morgan fingerprint density at radius 1 is 1.40 bits per heavy atom. The SMILES string of the molecule is C[C]1C=CC(C)(O)C=C1C. The van der Waals surface area contributed by atoms with Crippen LogP contribution in [0.15, 0.2) is 23.8 Å². The van der Waals surface area contributed by atoms with Crippen molar-refractivity contribution in [3.63, 3.8) is 0 Å². The average molecular weight is 137 g/mol. The Balaban J connectivity index is 2.85. The van der Waals surface area contributed by atoms with E-state index in [1.165, 1.54) is 5.92 Å². The van der Waals surface area contributed by atoms with Crippen molar-refractivity contribution in [2.45, 2.75) is 26.4 Å². The third-order valence-corrected chi connectivity index (χ3v) is 1.80. The number of allylic oxidation sites excluding steroid dienone is 2. The molecule has 0 amide bonds. The molecule has 1 unspecified atom stereocenters. The molecular weight excluding hydrogens is 124 g/mol. The number of rotatable bonds is 0. The van der Waals surface area contributed by atoms with E-state index in [1.807, 2.05) is 26.0 Å². The van der Waals surface area contributed by atoms with Crippen LogP contribution in [0, 0.1) is 5.92 Å². The van der Waals surface area contributed by atoms with Gasteiger partial charge in [0.05, 0.1) is 5.60 Å². The van der Waals surface area contributed by atoms with Gasteiger partial charge in [-0.2, -0.15) is 0 Å². The maximum Gasteiger partial charge on any atom is 0.0983 e. The van der Waals surface area contributed by atoms with Gasteiger partial charge in [0, 0.05) is 5.92 Å². The summed E-state index contributed by atoms with van der Waals surface area (Å²) in [7, 11) is 0. The summed E-state index contributed by atoms with van der Waals surface area (Å²) in [5.74, 6) is 1.23. The van der Waals surface area contributed by atoms with Crippen LogP contribution in [-0.2, 0) is 0 Å². The van der Waals surface area contributed by atoms with Crippen LogP contribution in [0.1, 0.15) is 20.8 Å². The van der Waals surface area contributed by atoms with Crippen molar-refractivity contribution in [3.05, 3.63) is 29.7 Å². The quantitative estimate of drug-likeness (QED) is 0.540. The van der Waals surface area contributed by atoms with Gasteiger partial charge in [0.25, 0.3) is 0 Å². The lowest BCUT2D eigenvalue weighted by Gasteiger charge is -2.22. The molecule has 0 fully saturated rings. The van der Waals surface area contributed by atoms with Crippen molar-refractivity contribution in [1.29, 1.82) is 0 Å². The molecule has 0 aromatic carbocycles. The van der Waals surface area contributed by atoms with Gasteiger partial charge in [0.2, 0.25) is 0 Å². The van der Waals surface area contributed by atoms with Crippen molar-refractivity contribution in [2.75, 3.05) is 0 Å². The summed E-state index contributed by atoms with van der Waals surface area (Å²) in [5, 5.41) is 9.49. The molecule has 0 heterocycles. The third kappa shape index (κ3) is 1.48. The van der Waals surface area contributed by atoms with Crippen molar-refractivity contribution in [1.82, 2.24) is 0 Å². The molecule has 1 rings (SSSR count). The van der Waals surface area contributed by atoms with E-state index in [-0.39, 0.29) is 0 Å². The van der Waals surface area contributed by atoms with Crippen molar-refractivity contribution in [2.24, 2.45) is 0 Å². The minimum absolute atomic E-state index is 0.733. The molecule has 0 aliphatic heterocycles. The summed E-state index contributed by atoms with van der Waals surface area (Å²) in [5.41, 5.74) is 0.427. The van der Waals surface area contributed by atoms with Crippen LogP contribution in [0.3, 0.4) is 0 Å². The first-order chi connectivity index (χ1) is 4.51. The smallest absolute Gasteiger partial charge is 0.0983 e. The van der Waals surface area contributed by atoms with Gasteiger partial charge in [-0.05, 0) is 19.9 Å². The van der Waals surface area contributed by atoms with E-state index >= 15 is 0 Å². The Hall–Kier alpha value is -0.560. The van der Waals surface area contributed by atoms with Crippen molar-refractivity contribution < 1.29 is 5.11 Å². The zero-order valence-electron chi connectivity index (χ0n) is 6.68. The first-order valence-corrected chi connectivity index (χ1v) is 3.46. The van der Waals surface area contributed by atoms with E-state index in [0.29, 0.717) is 0 Å². The van der Waals surface area contributed by atoms with Crippen LogP contribution < -0.4 is 0 Å². The summed E-state index contributed by atoms with van der Waals surface area (Å²) < 4.78 is 0. The van der Waals surface area contributed by atoms with Gasteiger partial charge in [-0.15, -0.1) is 0 Å². The van der Waals surface area contributed by atoms with Gasteiger partial charge in [0.15, 0.2) is 0 Å². The Morgan fingerprint density at radius 3 is 2.40 bits per heavy atom. The fraction of sp³-hybridized carbons (Fsp3) is 0.444. The highest BCUT2D eigenvalue weighted by atomic mass is 16.3. The van der Waals surface area contributed by atoms with Crippen LogP contribution in [-0.4, -0.2) is 10.7 Å². The molecule has 1 atom stereocenters. The molecule has 1 aliphatic carbocycles. The molecule has 55 valence electrons. The normalized spacial score (nSPS) is 34.2. The fourth-order valence-electron chi connectivity index (χ4n) is 1.03. The highest BCUT2D eigenvalue weighted by molar-refractivity contribution is 5.38. The minimum Gasteiger partial charge on any atom is -0.382 e. The van der Waals surface area contributed by atoms with E-state index in [9.17, 15) is 5.11 Å². The Morgan fingerprint density at radius 2 is 2.00 bits per heavy atom. The molecule has 0 aromatic heterocycles. The molecule has 0 spiro atoms. The maximum atomic E-state index is 9.49. The standard InChI is InChI=1S/C9H13O/c1-7-4-5-9(3,10)6-8(7)2/h4-6,10H,1-3H3. The first kappa shape index (κ1) is 7.55. The summed E-state index contributed by atoms with van der Waals surface area (Å²) in [4.78, 5) is 0. The van der Waals surface area contributed by atoms with Crippen molar-refractivity contribution >= 4 is 0 Å². The molecule has 0 saturated heterocycles. The van der Waals surface area contributed by atoms with Crippen LogP contribution >= 0.6 is 0 Å². The van der Waals surface area contributed by atoms with Gasteiger partial charge in [-0.25, -0.2) is 0 Å². The van der Waals surface area contributed by atoms with Gasteiger partial charge in [-0.3, -0.25) is 0 Å². The fourth-order valence-corrected chi connectivity index (χ4v) is 1.03. The summed E-state index contributed by atoms with van der Waals surface area (Å²) >= 11 is 0. The molecule has 1 N–H and O–H groups in total. The zero-order valence-corrected chi connectivity index (χ0v) is 6.68. The van der Waals surface area contributed by atoms with Crippen LogP contribution in [0.2, 0.25) is 0 Å². The van der Waals surface area contributed by atoms with E-state index in [1.54, 1.807) is 13.0 Å². The van der Waals surface area contributed by atoms with E-state index in [2.05, 4.69) is 0 Å². The molecule has 1 aliphatic rings. The number of hydrogen-bond acceptors (Lipinski definition) is 1. The van der Waals surface area contributed by atoms with Crippen LogP contribution in [0.4, 0.5) is 0 Å². The largest absolute Gasteiger partial charge is 0.382 e. The summed E-state index contributed by atoms with van der Waals surface area (Å²) in [6, 6.07) is 0. The molecule has 10 heavy (non-hydrogen) atoms. The van der Waals surface area contributed by atoms with Gasteiger partial charge >= 0.3 is 0 Å². The highest BCUT2D eigenvalue weighted by Crippen LogP contribution is 2.24. The Kier molecular flexibility index (Phi) is 1.69. The lowest BCUT2D eigenvalue weighted by atomic mass is 9.89. The molecular formula is C9H13O. The lowest BCUT2D eigenvalue weighted by molar-refractivity contribution is 0.161. The molecule has 0 bridgehead atoms. The Bertz CT molecular complexity index is 187. The topological polar surface area (TPSA) is 20.2 Å². The van der Waals surface area contributed by atoms with Gasteiger partial charge < -0.3 is 5.11 Å². The molecule has 1 nitrogen and oxygen atoms in total. The minimum atomic E-state index is -0.733. The summed E-state index contributed by atoms with van der Waals surface area (Å²) in [6.07, 6.45) is 5.62. The second-order valence-corrected chi connectivity index (χ2v) is 3.07. The molecule has 0 aromatic rings. The number of aliphatic hydroxyl groups is 1. The second kappa shape index (κ2) is 2.24. The van der Waals surface area contributed by atoms with Crippen LogP contribution in [0.25, 0.3) is 0 Å². The lowest BCUT2D eigenvalue weighted by Crippen LogP contribution is -2.21. The third-order valence-electron chi connectivity index (χ3n) is 1.80. The molecule has 1 heteroatoms. The predicted octanol–water partition coefficient (Wildman–Crippen LogP) is 1.85. The van der Waals surface area contributed by atoms with Crippen molar-refractivity contribution in [3.8, 4) is 0 Å². The van der Waals surface area contributed by atoms with Gasteiger partial charge in [0.1, 0.15) is 0 Å². The zero-order chi connectivity index (χ0) is 7.78. The average Bonchev–Trinajstić information content (AvgIpc) is 1.79. The molecule has 0 saturated carbocycles.